The van der Waals surface area contributed by atoms with E-state index in [0.29, 0.717) is 23.7 Å². The molecule has 0 unspecified atom stereocenters. The largest absolute Gasteiger partial charge is 0.455 e. The summed E-state index contributed by atoms with van der Waals surface area (Å²) in [5, 5.41) is 3.17. The van der Waals surface area contributed by atoms with Crippen molar-refractivity contribution in [3.8, 4) is 0 Å². The van der Waals surface area contributed by atoms with Crippen LogP contribution in [0.2, 0.25) is 5.02 Å². The number of amides is 2. The molecule has 29 heavy (non-hydrogen) atoms. The molecule has 0 spiro atoms. The third kappa shape index (κ3) is 5.81. The van der Waals surface area contributed by atoms with E-state index in [9.17, 15) is 14.4 Å². The molecule has 1 saturated heterocycles. The van der Waals surface area contributed by atoms with E-state index in [2.05, 4.69) is 5.32 Å². The van der Waals surface area contributed by atoms with Crippen LogP contribution in [0.5, 0.6) is 0 Å². The number of benzene rings is 2. The van der Waals surface area contributed by atoms with E-state index in [4.69, 9.17) is 16.3 Å². The zero-order valence-electron chi connectivity index (χ0n) is 16.0. The van der Waals surface area contributed by atoms with Crippen molar-refractivity contribution >= 4 is 29.4 Å². The van der Waals surface area contributed by atoms with Gasteiger partial charge in [0, 0.05) is 13.1 Å². The van der Waals surface area contributed by atoms with E-state index in [-0.39, 0.29) is 24.8 Å². The van der Waals surface area contributed by atoms with Crippen molar-refractivity contribution in [2.45, 2.75) is 25.3 Å². The van der Waals surface area contributed by atoms with Crippen LogP contribution in [-0.2, 0) is 14.3 Å². The number of hydrogen-bond donors (Lipinski definition) is 1. The van der Waals surface area contributed by atoms with Crippen LogP contribution >= 0.6 is 11.6 Å². The molecule has 6 nitrogen and oxygen atoms in total. The lowest BCUT2D eigenvalue weighted by Gasteiger charge is -2.20. The van der Waals surface area contributed by atoms with Crippen molar-refractivity contribution in [3.63, 3.8) is 0 Å². The maximum Gasteiger partial charge on any atom is 0.308 e. The molecule has 0 saturated carbocycles. The first-order valence-corrected chi connectivity index (χ1v) is 9.96. The summed E-state index contributed by atoms with van der Waals surface area (Å²) < 4.78 is 5.17. The number of hydrogen-bond acceptors (Lipinski definition) is 4. The summed E-state index contributed by atoms with van der Waals surface area (Å²) in [5.74, 6) is -1.12. The summed E-state index contributed by atoms with van der Waals surface area (Å²) in [4.78, 5) is 38.8. The molecule has 1 N–H and O–H groups in total. The van der Waals surface area contributed by atoms with Crippen molar-refractivity contribution in [1.29, 1.82) is 0 Å². The number of esters is 1. The van der Waals surface area contributed by atoms with Crippen LogP contribution in [0.1, 0.15) is 41.2 Å². The summed E-state index contributed by atoms with van der Waals surface area (Å²) in [6, 6.07) is 15.2. The lowest BCUT2D eigenvalue weighted by Crippen LogP contribution is -2.34. The Morgan fingerprint density at radius 1 is 1.00 bits per heavy atom. The van der Waals surface area contributed by atoms with Gasteiger partial charge in [-0.2, -0.15) is 0 Å². The molecule has 152 valence electrons. The second-order valence-electron chi connectivity index (χ2n) is 6.87. The van der Waals surface area contributed by atoms with Crippen molar-refractivity contribution in [3.05, 3.63) is 70.7 Å². The van der Waals surface area contributed by atoms with Gasteiger partial charge in [0.25, 0.3) is 11.8 Å². The number of ether oxygens (including phenoxy) is 1. The summed E-state index contributed by atoms with van der Waals surface area (Å²) >= 11 is 6.11. The maximum absolute atomic E-state index is 12.7. The van der Waals surface area contributed by atoms with Gasteiger partial charge >= 0.3 is 5.97 Å². The highest BCUT2D eigenvalue weighted by Gasteiger charge is 2.23. The molecule has 3 rings (SSSR count). The van der Waals surface area contributed by atoms with Crippen molar-refractivity contribution < 1.29 is 19.1 Å². The monoisotopic (exact) mass is 414 g/mol. The molecule has 0 aromatic heterocycles. The number of likely N-dealkylation sites (tertiary alicyclic amines) is 1. The number of carbonyl (C=O) groups excluding carboxylic acids is 3. The number of halogens is 1. The predicted octanol–water partition coefficient (Wildman–Crippen LogP) is 3.37. The number of rotatable bonds is 7. The van der Waals surface area contributed by atoms with Gasteiger partial charge in [-0.1, -0.05) is 54.1 Å². The van der Waals surface area contributed by atoms with Crippen molar-refractivity contribution in [1.82, 2.24) is 10.2 Å². The molecule has 1 heterocycles. The van der Waals surface area contributed by atoms with Crippen LogP contribution in [0.3, 0.4) is 0 Å². The van der Waals surface area contributed by atoms with E-state index in [1.165, 1.54) is 0 Å². The van der Waals surface area contributed by atoms with E-state index in [1.807, 2.05) is 30.3 Å². The SMILES string of the molecule is O=C(C[C@H](NC(=O)c1ccccc1Cl)c1ccccc1)OCC(=O)N1CCCC1. The van der Waals surface area contributed by atoms with Gasteiger partial charge in [0.1, 0.15) is 0 Å². The second kappa shape index (κ2) is 10.1. The first-order chi connectivity index (χ1) is 14.0. The first-order valence-electron chi connectivity index (χ1n) is 9.58. The van der Waals surface area contributed by atoms with Gasteiger partial charge in [-0.05, 0) is 30.5 Å². The van der Waals surface area contributed by atoms with Gasteiger partial charge in [-0.25, -0.2) is 0 Å². The van der Waals surface area contributed by atoms with Crippen LogP contribution in [0.4, 0.5) is 0 Å². The molecule has 1 fully saturated rings. The van der Waals surface area contributed by atoms with Gasteiger partial charge in [0.15, 0.2) is 6.61 Å². The molecule has 2 amide bonds. The summed E-state index contributed by atoms with van der Waals surface area (Å²) in [7, 11) is 0. The minimum absolute atomic E-state index is 0.0898. The highest BCUT2D eigenvalue weighted by molar-refractivity contribution is 6.33. The fourth-order valence-electron chi connectivity index (χ4n) is 3.24. The van der Waals surface area contributed by atoms with Gasteiger partial charge in [0.2, 0.25) is 0 Å². The number of carbonyl (C=O) groups is 3. The highest BCUT2D eigenvalue weighted by atomic mass is 35.5. The van der Waals surface area contributed by atoms with Gasteiger partial charge in [-0.15, -0.1) is 0 Å². The minimum atomic E-state index is -0.602. The Morgan fingerprint density at radius 2 is 1.66 bits per heavy atom. The van der Waals surface area contributed by atoms with Gasteiger partial charge < -0.3 is 15.0 Å². The smallest absolute Gasteiger partial charge is 0.308 e. The Labute approximate surface area is 174 Å². The topological polar surface area (TPSA) is 75.7 Å². The molecule has 1 aliphatic rings. The Kier molecular flexibility index (Phi) is 7.25. The van der Waals surface area contributed by atoms with Gasteiger partial charge in [-0.3, -0.25) is 14.4 Å². The van der Waals surface area contributed by atoms with Crippen LogP contribution < -0.4 is 5.32 Å². The zero-order chi connectivity index (χ0) is 20.6. The molecule has 0 bridgehead atoms. The molecular weight excluding hydrogens is 392 g/mol. The lowest BCUT2D eigenvalue weighted by molar-refractivity contribution is -0.152. The summed E-state index contributed by atoms with van der Waals surface area (Å²) in [6.07, 6.45) is 1.86. The van der Waals surface area contributed by atoms with Crippen molar-refractivity contribution in [2.75, 3.05) is 19.7 Å². The third-order valence-corrected chi connectivity index (χ3v) is 5.14. The molecule has 2 aromatic rings. The molecule has 0 aliphatic carbocycles. The fourth-order valence-corrected chi connectivity index (χ4v) is 3.47. The molecule has 2 aromatic carbocycles. The third-order valence-electron chi connectivity index (χ3n) is 4.81. The Morgan fingerprint density at radius 3 is 2.34 bits per heavy atom. The Bertz CT molecular complexity index is 866. The van der Waals surface area contributed by atoms with E-state index >= 15 is 0 Å². The van der Waals surface area contributed by atoms with Crippen LogP contribution in [0.15, 0.2) is 54.6 Å². The van der Waals surface area contributed by atoms with Crippen LogP contribution in [0, 0.1) is 0 Å². The quantitative estimate of drug-likeness (QED) is 0.705. The second-order valence-corrected chi connectivity index (χ2v) is 7.28. The maximum atomic E-state index is 12.7. The van der Waals surface area contributed by atoms with Crippen LogP contribution in [-0.4, -0.2) is 42.4 Å². The number of nitrogens with zero attached hydrogens (tertiary/aromatic N) is 1. The number of nitrogens with one attached hydrogen (secondary N) is 1. The van der Waals surface area contributed by atoms with E-state index in [1.54, 1.807) is 29.2 Å². The molecule has 1 atom stereocenters. The Balaban J connectivity index is 1.64. The molecule has 0 radical (unpaired) electrons. The summed E-state index contributed by atoms with van der Waals surface area (Å²) in [5.41, 5.74) is 1.09. The minimum Gasteiger partial charge on any atom is -0.455 e. The average molecular weight is 415 g/mol. The zero-order valence-corrected chi connectivity index (χ0v) is 16.7. The fraction of sp³-hybridized carbons (Fsp3) is 0.318. The summed E-state index contributed by atoms with van der Waals surface area (Å²) in [6.45, 7) is 1.13. The van der Waals surface area contributed by atoms with E-state index in [0.717, 1.165) is 18.4 Å². The average Bonchev–Trinajstić information content (AvgIpc) is 3.27. The standard InChI is InChI=1S/C22H23ClN2O4/c23-18-11-5-4-10-17(18)22(28)24-19(16-8-2-1-3-9-16)14-21(27)29-15-20(26)25-12-6-7-13-25/h1-5,8-11,19H,6-7,12-15H2,(H,24,28)/t19-/m0/s1. The van der Waals surface area contributed by atoms with E-state index < -0.39 is 12.0 Å². The molecular formula is C22H23ClN2O4. The van der Waals surface area contributed by atoms with Crippen molar-refractivity contribution in [2.24, 2.45) is 0 Å². The molecule has 1 aliphatic heterocycles. The highest BCUT2D eigenvalue weighted by Crippen LogP contribution is 2.21. The first kappa shape index (κ1) is 20.9. The lowest BCUT2D eigenvalue weighted by atomic mass is 10.0. The normalized spacial score (nSPS) is 14.3. The predicted molar refractivity (Wildman–Crippen MR) is 109 cm³/mol. The molecule has 7 heteroatoms. The van der Waals surface area contributed by atoms with Gasteiger partial charge in [0.05, 0.1) is 23.0 Å². The van der Waals surface area contributed by atoms with Crippen LogP contribution in [0.25, 0.3) is 0 Å². The Hall–Kier alpha value is -2.86.